The number of anilines is 2. The molecule has 1 heterocycles. The fourth-order valence-electron chi connectivity index (χ4n) is 0.949. The normalized spacial score (nSPS) is 11.0. The van der Waals surface area contributed by atoms with Crippen LogP contribution in [0.3, 0.4) is 0 Å². The maximum absolute atomic E-state index is 11.0. The van der Waals surface area contributed by atoms with E-state index >= 15 is 0 Å². The summed E-state index contributed by atoms with van der Waals surface area (Å²) in [5.74, 6) is -0.0249. The summed E-state index contributed by atoms with van der Waals surface area (Å²) in [7, 11) is 0. The molecule has 0 aromatic carbocycles. The summed E-state index contributed by atoms with van der Waals surface area (Å²) in [4.78, 5) is 14.9. The minimum Gasteiger partial charge on any atom is -0.384 e. The van der Waals surface area contributed by atoms with Crippen LogP contribution in [0.25, 0.3) is 0 Å². The number of carbonyl (C=O) groups excluding carboxylic acids is 1. The molecular formula is C9H14N4O. The molecule has 1 rings (SSSR count). The molecule has 5 N–H and O–H groups in total. The molecule has 0 unspecified atom stereocenters. The van der Waals surface area contributed by atoms with Gasteiger partial charge in [0.1, 0.15) is 11.4 Å². The Bertz CT molecular complexity index is 348. The van der Waals surface area contributed by atoms with Gasteiger partial charge in [0.05, 0.1) is 0 Å². The van der Waals surface area contributed by atoms with Crippen molar-refractivity contribution in [2.75, 3.05) is 11.1 Å². The quantitative estimate of drug-likeness (QED) is 0.646. The van der Waals surface area contributed by atoms with Crippen molar-refractivity contribution in [2.45, 2.75) is 19.4 Å². The highest BCUT2D eigenvalue weighted by Crippen LogP contribution is 2.15. The van der Waals surface area contributed by atoms with Gasteiger partial charge in [-0.15, -0.1) is 0 Å². The first-order chi connectivity index (χ1) is 6.42. The number of hydrogen-bond acceptors (Lipinski definition) is 4. The van der Waals surface area contributed by atoms with Crippen molar-refractivity contribution in [1.29, 1.82) is 0 Å². The van der Waals surface area contributed by atoms with Gasteiger partial charge in [-0.2, -0.15) is 0 Å². The molecule has 5 heteroatoms. The van der Waals surface area contributed by atoms with Crippen molar-refractivity contribution in [3.63, 3.8) is 0 Å². The van der Waals surface area contributed by atoms with Crippen LogP contribution in [0, 0.1) is 0 Å². The summed E-state index contributed by atoms with van der Waals surface area (Å²) in [6.45, 7) is 3.40. The fraction of sp³-hybridized carbons (Fsp3) is 0.333. The topological polar surface area (TPSA) is 94.0 Å². The van der Waals surface area contributed by atoms with Crippen LogP contribution in [0.1, 0.15) is 13.8 Å². The smallest absolute Gasteiger partial charge is 0.242 e. The Kier molecular flexibility index (Phi) is 2.60. The van der Waals surface area contributed by atoms with Crippen LogP contribution in [0.4, 0.5) is 11.5 Å². The van der Waals surface area contributed by atoms with E-state index in [4.69, 9.17) is 11.5 Å². The highest BCUT2D eigenvalue weighted by Gasteiger charge is 2.24. The number of rotatable bonds is 3. The monoisotopic (exact) mass is 194 g/mol. The Balaban J connectivity index is 2.83. The standard InChI is InChI=1S/C9H14N4O/c1-9(2,8(11)14)13-6-3-4-12-7(10)5-6/h3-5H,1-2H3,(H2,11,14)(H3,10,12,13). The van der Waals surface area contributed by atoms with Crippen LogP contribution >= 0.6 is 0 Å². The number of amides is 1. The van der Waals surface area contributed by atoms with Crippen molar-refractivity contribution in [2.24, 2.45) is 5.73 Å². The van der Waals surface area contributed by atoms with Gasteiger partial charge >= 0.3 is 0 Å². The number of nitrogens with one attached hydrogen (secondary N) is 1. The van der Waals surface area contributed by atoms with Crippen molar-refractivity contribution < 1.29 is 4.79 Å². The number of hydrogen-bond donors (Lipinski definition) is 3. The predicted octanol–water partition coefficient (Wildman–Crippen LogP) is 0.340. The molecular weight excluding hydrogens is 180 g/mol. The molecule has 1 aromatic rings. The number of nitrogens with two attached hydrogens (primary N) is 2. The van der Waals surface area contributed by atoms with E-state index in [9.17, 15) is 4.79 Å². The van der Waals surface area contributed by atoms with E-state index in [2.05, 4.69) is 10.3 Å². The first-order valence-electron chi connectivity index (χ1n) is 4.21. The average molecular weight is 194 g/mol. The predicted molar refractivity (Wildman–Crippen MR) is 55.5 cm³/mol. The number of nitrogens with zero attached hydrogens (tertiary/aromatic N) is 1. The number of primary amides is 1. The average Bonchev–Trinajstić information content (AvgIpc) is 2.02. The van der Waals surface area contributed by atoms with E-state index in [0.717, 1.165) is 5.69 Å². The van der Waals surface area contributed by atoms with E-state index < -0.39 is 11.4 Å². The van der Waals surface area contributed by atoms with Crippen LogP contribution in [-0.4, -0.2) is 16.4 Å². The Morgan fingerprint density at radius 2 is 2.21 bits per heavy atom. The lowest BCUT2D eigenvalue weighted by Gasteiger charge is -2.23. The van der Waals surface area contributed by atoms with Gasteiger partial charge in [-0.3, -0.25) is 4.79 Å². The van der Waals surface area contributed by atoms with Crippen LogP contribution < -0.4 is 16.8 Å². The molecule has 0 atom stereocenters. The summed E-state index contributed by atoms with van der Waals surface area (Å²) in [5, 5.41) is 2.96. The van der Waals surface area contributed by atoms with Gasteiger partial charge in [-0.05, 0) is 19.9 Å². The second-order valence-electron chi connectivity index (χ2n) is 3.58. The first kappa shape index (κ1) is 10.3. The zero-order chi connectivity index (χ0) is 10.8. The van der Waals surface area contributed by atoms with Gasteiger partial charge in [0.2, 0.25) is 5.91 Å². The maximum atomic E-state index is 11.0. The zero-order valence-corrected chi connectivity index (χ0v) is 8.24. The van der Waals surface area contributed by atoms with Crippen LogP contribution in [0.15, 0.2) is 18.3 Å². The SMILES string of the molecule is CC(C)(Nc1ccnc(N)c1)C(N)=O. The Labute approximate surface area is 82.5 Å². The summed E-state index contributed by atoms with van der Waals surface area (Å²) >= 11 is 0. The number of nitrogen functional groups attached to an aromatic ring is 1. The van der Waals surface area contributed by atoms with E-state index in [-0.39, 0.29) is 0 Å². The maximum Gasteiger partial charge on any atom is 0.242 e. The molecule has 0 spiro atoms. The number of pyridine rings is 1. The third-order valence-corrected chi connectivity index (χ3v) is 1.85. The zero-order valence-electron chi connectivity index (χ0n) is 8.24. The van der Waals surface area contributed by atoms with Gasteiger partial charge in [0, 0.05) is 18.0 Å². The molecule has 0 aliphatic heterocycles. The van der Waals surface area contributed by atoms with Gasteiger partial charge in [0.25, 0.3) is 0 Å². The van der Waals surface area contributed by atoms with Gasteiger partial charge in [0.15, 0.2) is 0 Å². The Morgan fingerprint density at radius 3 is 2.71 bits per heavy atom. The van der Waals surface area contributed by atoms with Gasteiger partial charge in [-0.1, -0.05) is 0 Å². The second kappa shape index (κ2) is 3.53. The van der Waals surface area contributed by atoms with E-state index in [1.54, 1.807) is 32.2 Å². The molecule has 0 radical (unpaired) electrons. The molecule has 0 saturated carbocycles. The minimum atomic E-state index is -0.798. The van der Waals surface area contributed by atoms with E-state index in [1.165, 1.54) is 0 Å². The van der Waals surface area contributed by atoms with Crippen molar-refractivity contribution >= 4 is 17.4 Å². The molecule has 0 aliphatic rings. The molecule has 5 nitrogen and oxygen atoms in total. The van der Waals surface area contributed by atoms with Crippen LogP contribution in [-0.2, 0) is 4.79 Å². The van der Waals surface area contributed by atoms with Crippen molar-refractivity contribution in [1.82, 2.24) is 4.98 Å². The van der Waals surface area contributed by atoms with E-state index in [0.29, 0.717) is 5.82 Å². The minimum absolute atomic E-state index is 0.398. The lowest BCUT2D eigenvalue weighted by molar-refractivity contribution is -0.121. The third kappa shape index (κ3) is 2.35. The molecule has 76 valence electrons. The summed E-state index contributed by atoms with van der Waals surface area (Å²) < 4.78 is 0. The highest BCUT2D eigenvalue weighted by molar-refractivity contribution is 5.87. The molecule has 0 aliphatic carbocycles. The van der Waals surface area contributed by atoms with E-state index in [1.807, 2.05) is 0 Å². The second-order valence-corrected chi connectivity index (χ2v) is 3.58. The summed E-state index contributed by atoms with van der Waals surface area (Å²) in [6, 6.07) is 3.37. The lowest BCUT2D eigenvalue weighted by Crippen LogP contribution is -2.45. The number of aromatic nitrogens is 1. The number of carbonyl (C=O) groups is 1. The fourth-order valence-corrected chi connectivity index (χ4v) is 0.949. The molecule has 0 bridgehead atoms. The van der Waals surface area contributed by atoms with Gasteiger partial charge in [-0.25, -0.2) is 4.98 Å². The summed E-state index contributed by atoms with van der Waals surface area (Å²) in [5.41, 5.74) is 10.6. The van der Waals surface area contributed by atoms with Crippen LogP contribution in [0.5, 0.6) is 0 Å². The third-order valence-electron chi connectivity index (χ3n) is 1.85. The Hall–Kier alpha value is -1.78. The molecule has 1 aromatic heterocycles. The lowest BCUT2D eigenvalue weighted by atomic mass is 10.0. The van der Waals surface area contributed by atoms with Crippen molar-refractivity contribution in [3.05, 3.63) is 18.3 Å². The van der Waals surface area contributed by atoms with Crippen molar-refractivity contribution in [3.8, 4) is 0 Å². The van der Waals surface area contributed by atoms with Crippen LogP contribution in [0.2, 0.25) is 0 Å². The summed E-state index contributed by atoms with van der Waals surface area (Å²) in [6.07, 6.45) is 1.56. The molecule has 0 saturated heterocycles. The largest absolute Gasteiger partial charge is 0.384 e. The van der Waals surface area contributed by atoms with Gasteiger partial charge < -0.3 is 16.8 Å². The first-order valence-corrected chi connectivity index (χ1v) is 4.21. The molecule has 0 fully saturated rings. The highest BCUT2D eigenvalue weighted by atomic mass is 16.1. The molecule has 14 heavy (non-hydrogen) atoms. The molecule has 1 amide bonds. The Morgan fingerprint density at radius 1 is 1.57 bits per heavy atom.